The summed E-state index contributed by atoms with van der Waals surface area (Å²) in [6.45, 7) is 1.71. The lowest BCUT2D eigenvalue weighted by Gasteiger charge is -2.43. The van der Waals surface area contributed by atoms with Gasteiger partial charge in [-0.2, -0.15) is 0 Å². The average Bonchev–Trinajstić information content (AvgIpc) is 3.19. The fourth-order valence-electron chi connectivity index (χ4n) is 5.28. The Morgan fingerprint density at radius 2 is 1.68 bits per heavy atom. The van der Waals surface area contributed by atoms with E-state index in [2.05, 4.69) is 10.2 Å². The zero-order chi connectivity index (χ0) is 27.3. The van der Waals surface area contributed by atoms with Crippen molar-refractivity contribution in [3.63, 3.8) is 0 Å². The molecule has 0 bridgehead atoms. The number of likely N-dealkylation sites (tertiary alicyclic amines) is 1. The zero-order valence-electron chi connectivity index (χ0n) is 22.6. The molecule has 10 heteroatoms. The molecule has 0 aromatic heterocycles. The van der Waals surface area contributed by atoms with Gasteiger partial charge in [0.15, 0.2) is 11.5 Å². The minimum absolute atomic E-state index is 0.0177. The number of hydrogen-bond donors (Lipinski definition) is 1. The quantitative estimate of drug-likeness (QED) is 0.570. The summed E-state index contributed by atoms with van der Waals surface area (Å²) in [6.07, 6.45) is 1.64. The predicted molar refractivity (Wildman–Crippen MR) is 144 cm³/mol. The van der Waals surface area contributed by atoms with Crippen LogP contribution in [0.25, 0.3) is 0 Å². The molecule has 0 unspecified atom stereocenters. The van der Waals surface area contributed by atoms with Crippen molar-refractivity contribution < 1.29 is 23.9 Å². The molecule has 0 saturated carbocycles. The van der Waals surface area contributed by atoms with E-state index in [0.29, 0.717) is 57.1 Å². The number of hydrogen-bond acceptors (Lipinski definition) is 6. The Balaban J connectivity index is 1.41. The van der Waals surface area contributed by atoms with Gasteiger partial charge in [0.1, 0.15) is 12.1 Å². The lowest BCUT2D eigenvalue weighted by atomic mass is 9.85. The van der Waals surface area contributed by atoms with Gasteiger partial charge in [-0.1, -0.05) is 24.3 Å². The number of nitrogens with zero attached hydrogens (tertiary/aromatic N) is 4. The first-order chi connectivity index (χ1) is 18.3. The molecule has 204 valence electrons. The van der Waals surface area contributed by atoms with Crippen LogP contribution in [0.5, 0.6) is 11.5 Å². The third kappa shape index (κ3) is 5.49. The molecule has 0 aliphatic carbocycles. The molecule has 2 heterocycles. The molecular weight excluding hydrogens is 486 g/mol. The molecule has 2 aliphatic rings. The van der Waals surface area contributed by atoms with Crippen LogP contribution in [-0.2, 0) is 16.0 Å². The lowest BCUT2D eigenvalue weighted by Crippen LogP contribution is -2.58. The highest BCUT2D eigenvalue weighted by molar-refractivity contribution is 5.96. The van der Waals surface area contributed by atoms with Gasteiger partial charge in [-0.15, -0.1) is 0 Å². The van der Waals surface area contributed by atoms with Crippen molar-refractivity contribution >= 4 is 23.5 Å². The molecule has 2 saturated heterocycles. The van der Waals surface area contributed by atoms with Gasteiger partial charge < -0.3 is 34.4 Å². The van der Waals surface area contributed by atoms with Gasteiger partial charge in [0.05, 0.1) is 20.9 Å². The number of benzene rings is 2. The van der Waals surface area contributed by atoms with E-state index in [-0.39, 0.29) is 24.4 Å². The molecule has 2 fully saturated rings. The number of urea groups is 1. The van der Waals surface area contributed by atoms with E-state index in [0.717, 1.165) is 11.3 Å². The number of rotatable bonds is 8. The van der Waals surface area contributed by atoms with Crippen molar-refractivity contribution in [3.05, 3.63) is 54.1 Å². The Bertz CT molecular complexity index is 1150. The fraction of sp³-hybridized carbons (Fsp3) is 0.464. The van der Waals surface area contributed by atoms with Crippen LogP contribution in [0.1, 0.15) is 18.4 Å². The molecule has 2 aromatic carbocycles. The first-order valence-corrected chi connectivity index (χ1v) is 12.8. The van der Waals surface area contributed by atoms with Gasteiger partial charge in [0.25, 0.3) is 5.91 Å². The van der Waals surface area contributed by atoms with E-state index in [9.17, 15) is 14.4 Å². The number of carbonyl (C=O) groups excluding carboxylic acids is 3. The smallest absolute Gasteiger partial charge is 0.319 e. The molecule has 0 atom stereocenters. The van der Waals surface area contributed by atoms with Crippen molar-refractivity contribution in [1.82, 2.24) is 20.0 Å². The Labute approximate surface area is 224 Å². The van der Waals surface area contributed by atoms with Gasteiger partial charge in [-0.3, -0.25) is 9.59 Å². The summed E-state index contributed by atoms with van der Waals surface area (Å²) in [5.74, 6) is 1.03. The van der Waals surface area contributed by atoms with Crippen LogP contribution < -0.4 is 19.7 Å². The summed E-state index contributed by atoms with van der Waals surface area (Å²) in [5, 5.41) is 2.94. The van der Waals surface area contributed by atoms with Crippen molar-refractivity contribution in [2.45, 2.75) is 24.8 Å². The summed E-state index contributed by atoms with van der Waals surface area (Å²) in [4.78, 5) is 46.2. The van der Waals surface area contributed by atoms with Gasteiger partial charge in [-0.05, 0) is 49.1 Å². The van der Waals surface area contributed by atoms with Crippen molar-refractivity contribution in [1.29, 1.82) is 0 Å². The highest BCUT2D eigenvalue weighted by Crippen LogP contribution is 2.39. The summed E-state index contributed by atoms with van der Waals surface area (Å²) >= 11 is 0. The van der Waals surface area contributed by atoms with Crippen molar-refractivity contribution in [2.24, 2.45) is 0 Å². The van der Waals surface area contributed by atoms with Gasteiger partial charge >= 0.3 is 6.03 Å². The molecule has 1 spiro atoms. The van der Waals surface area contributed by atoms with Crippen LogP contribution in [0.2, 0.25) is 0 Å². The van der Waals surface area contributed by atoms with E-state index < -0.39 is 5.54 Å². The molecule has 1 N–H and O–H groups in total. The Hall–Kier alpha value is -3.95. The fourth-order valence-corrected chi connectivity index (χ4v) is 5.28. The van der Waals surface area contributed by atoms with Crippen LogP contribution in [0.3, 0.4) is 0 Å². The van der Waals surface area contributed by atoms with Crippen LogP contribution >= 0.6 is 0 Å². The van der Waals surface area contributed by atoms with Crippen LogP contribution in [-0.4, -0.2) is 99.2 Å². The summed E-state index contributed by atoms with van der Waals surface area (Å²) in [7, 11) is 6.64. The number of ether oxygens (including phenoxy) is 2. The zero-order valence-corrected chi connectivity index (χ0v) is 22.6. The average molecular weight is 524 g/mol. The Kier molecular flexibility index (Phi) is 8.29. The van der Waals surface area contributed by atoms with Gasteiger partial charge in [-0.25, -0.2) is 4.79 Å². The van der Waals surface area contributed by atoms with Crippen molar-refractivity contribution in [3.8, 4) is 11.5 Å². The molecule has 4 amide bonds. The SMILES string of the molecule is COc1ccc(CCNC(=O)CN2CN(c3ccccc3)C3(CCN(C(=O)N(C)C)CC3)C2=O)cc1OC. The maximum Gasteiger partial charge on any atom is 0.319 e. The Morgan fingerprint density at radius 3 is 2.32 bits per heavy atom. The largest absolute Gasteiger partial charge is 0.493 e. The molecule has 2 aliphatic heterocycles. The number of piperidine rings is 1. The molecule has 0 radical (unpaired) electrons. The van der Waals surface area contributed by atoms with Gasteiger partial charge in [0, 0.05) is 39.4 Å². The molecule has 2 aromatic rings. The molecule has 4 rings (SSSR count). The minimum atomic E-state index is -0.773. The first-order valence-electron chi connectivity index (χ1n) is 12.8. The van der Waals surface area contributed by atoms with Crippen molar-refractivity contribution in [2.75, 3.05) is 66.1 Å². The lowest BCUT2D eigenvalue weighted by molar-refractivity contribution is -0.137. The molecular formula is C28H37N5O5. The maximum atomic E-state index is 13.8. The normalized spacial score (nSPS) is 16.5. The summed E-state index contributed by atoms with van der Waals surface area (Å²) in [6, 6.07) is 15.4. The van der Waals surface area contributed by atoms with E-state index in [1.165, 1.54) is 0 Å². The standard InChI is InChI=1S/C28H37N5O5/c1-30(2)27(36)31-16-13-28(14-17-31)26(35)32(20-33(28)22-8-6-5-7-9-22)19-25(34)29-15-12-21-10-11-23(37-3)24(18-21)38-4/h5-11,18H,12-17,19-20H2,1-4H3,(H,29,34). The maximum absolute atomic E-state index is 13.8. The highest BCUT2D eigenvalue weighted by atomic mass is 16.5. The number of methoxy groups -OCH3 is 2. The number of amides is 4. The van der Waals surface area contributed by atoms with Crippen LogP contribution in [0, 0.1) is 0 Å². The van der Waals surface area contributed by atoms with E-state index >= 15 is 0 Å². The van der Waals surface area contributed by atoms with E-state index in [4.69, 9.17) is 9.47 Å². The van der Waals surface area contributed by atoms with E-state index in [1.54, 1.807) is 43.0 Å². The number of anilines is 1. The second-order valence-corrected chi connectivity index (χ2v) is 9.89. The monoisotopic (exact) mass is 523 g/mol. The Morgan fingerprint density at radius 1 is 1.00 bits per heavy atom. The topological polar surface area (TPSA) is 94.7 Å². The third-order valence-electron chi connectivity index (χ3n) is 7.34. The summed E-state index contributed by atoms with van der Waals surface area (Å²) in [5.41, 5.74) is 1.17. The first kappa shape index (κ1) is 27.1. The second kappa shape index (κ2) is 11.6. The van der Waals surface area contributed by atoms with E-state index in [1.807, 2.05) is 48.5 Å². The van der Waals surface area contributed by atoms with Crippen LogP contribution in [0.4, 0.5) is 10.5 Å². The predicted octanol–water partition coefficient (Wildman–Crippen LogP) is 2.19. The van der Waals surface area contributed by atoms with Crippen LogP contribution in [0.15, 0.2) is 48.5 Å². The number of carbonyl (C=O) groups is 3. The number of nitrogens with one attached hydrogen (secondary N) is 1. The second-order valence-electron chi connectivity index (χ2n) is 9.89. The molecule has 10 nitrogen and oxygen atoms in total. The number of para-hydroxylation sites is 1. The molecule has 38 heavy (non-hydrogen) atoms. The summed E-state index contributed by atoms with van der Waals surface area (Å²) < 4.78 is 10.6. The highest BCUT2D eigenvalue weighted by Gasteiger charge is 2.54. The third-order valence-corrected chi connectivity index (χ3v) is 7.34. The van der Waals surface area contributed by atoms with Gasteiger partial charge in [0.2, 0.25) is 5.91 Å². The minimum Gasteiger partial charge on any atom is -0.493 e.